The second kappa shape index (κ2) is 2.64. The molecule has 0 aromatic carbocycles. The van der Waals surface area contributed by atoms with E-state index in [2.05, 4.69) is 10.1 Å². The molecular formula is C11H12N4O2. The summed E-state index contributed by atoms with van der Waals surface area (Å²) in [5, 5.41) is 4.33. The molecule has 0 saturated heterocycles. The Labute approximate surface area is 96.9 Å². The van der Waals surface area contributed by atoms with Crippen LogP contribution in [0.1, 0.15) is 25.1 Å². The van der Waals surface area contributed by atoms with E-state index in [0.29, 0.717) is 11.4 Å². The van der Waals surface area contributed by atoms with Crippen molar-refractivity contribution >= 4 is 0 Å². The molecule has 3 rings (SSSR count). The van der Waals surface area contributed by atoms with Gasteiger partial charge in [0.05, 0.1) is 11.3 Å². The van der Waals surface area contributed by atoms with Crippen LogP contribution in [0.25, 0.3) is 11.4 Å². The molecular weight excluding hydrogens is 220 g/mol. The molecule has 0 fully saturated rings. The first-order chi connectivity index (χ1) is 7.85. The van der Waals surface area contributed by atoms with Gasteiger partial charge in [-0.3, -0.25) is 9.36 Å². The first-order valence-corrected chi connectivity index (χ1v) is 5.34. The zero-order valence-electron chi connectivity index (χ0n) is 10.1. The molecule has 0 aromatic heterocycles. The van der Waals surface area contributed by atoms with Gasteiger partial charge in [-0.05, 0) is 13.8 Å². The molecule has 0 spiro atoms. The minimum absolute atomic E-state index is 0.183. The van der Waals surface area contributed by atoms with Gasteiger partial charge in [0.15, 0.2) is 5.82 Å². The molecule has 2 heterocycles. The third-order valence-corrected chi connectivity index (χ3v) is 3.43. The van der Waals surface area contributed by atoms with Gasteiger partial charge in [0.1, 0.15) is 0 Å². The molecule has 3 aliphatic rings. The van der Waals surface area contributed by atoms with E-state index in [1.165, 1.54) is 11.7 Å². The van der Waals surface area contributed by atoms with Gasteiger partial charge in [0.2, 0.25) is 0 Å². The van der Waals surface area contributed by atoms with Crippen LogP contribution in [-0.4, -0.2) is 19.3 Å². The van der Waals surface area contributed by atoms with Gasteiger partial charge in [-0.1, -0.05) is 0 Å². The summed E-state index contributed by atoms with van der Waals surface area (Å²) in [6, 6.07) is 0. The van der Waals surface area contributed by atoms with Crippen LogP contribution in [0, 0.1) is 0 Å². The highest BCUT2D eigenvalue weighted by molar-refractivity contribution is 5.73. The van der Waals surface area contributed by atoms with E-state index < -0.39 is 5.69 Å². The number of fused-ring (bicyclic) bond motifs is 3. The maximum absolute atomic E-state index is 12.1. The van der Waals surface area contributed by atoms with Crippen molar-refractivity contribution in [1.82, 2.24) is 19.3 Å². The highest BCUT2D eigenvalue weighted by atomic mass is 16.2. The molecule has 6 nitrogen and oxygen atoms in total. The molecule has 0 atom stereocenters. The van der Waals surface area contributed by atoms with E-state index >= 15 is 0 Å². The highest BCUT2D eigenvalue weighted by Crippen LogP contribution is 2.51. The lowest BCUT2D eigenvalue weighted by atomic mass is 10.1. The summed E-state index contributed by atoms with van der Waals surface area (Å²) in [5.74, 6) is 0.363. The van der Waals surface area contributed by atoms with E-state index in [4.69, 9.17) is 0 Å². The number of rotatable bonds is 0. The summed E-state index contributed by atoms with van der Waals surface area (Å²) in [5.41, 5.74) is 1.32. The van der Waals surface area contributed by atoms with Crippen LogP contribution < -0.4 is 11.2 Å². The summed E-state index contributed by atoms with van der Waals surface area (Å²) < 4.78 is 2.54. The highest BCUT2D eigenvalue weighted by Gasteiger charge is 2.49. The Kier molecular flexibility index (Phi) is 1.58. The zero-order chi connectivity index (χ0) is 12.5. The van der Waals surface area contributed by atoms with E-state index in [1.807, 2.05) is 13.8 Å². The molecule has 88 valence electrons. The fraction of sp³-hybridized carbons (Fsp3) is 0.455. The molecule has 0 radical (unpaired) electrons. The molecule has 0 amide bonds. The average molecular weight is 232 g/mol. The fourth-order valence-corrected chi connectivity index (χ4v) is 2.28. The summed E-state index contributed by atoms with van der Waals surface area (Å²) in [4.78, 5) is 27.5. The van der Waals surface area contributed by atoms with Crippen LogP contribution in [0.5, 0.6) is 0 Å². The van der Waals surface area contributed by atoms with Crippen molar-refractivity contribution in [2.75, 3.05) is 0 Å². The maximum atomic E-state index is 12.1. The van der Waals surface area contributed by atoms with Crippen molar-refractivity contribution in [3.8, 4) is 11.4 Å². The third-order valence-electron chi connectivity index (χ3n) is 3.43. The van der Waals surface area contributed by atoms with Crippen LogP contribution in [-0.2, 0) is 19.5 Å². The van der Waals surface area contributed by atoms with E-state index in [1.54, 1.807) is 7.05 Å². The predicted molar refractivity (Wildman–Crippen MR) is 61.3 cm³/mol. The average Bonchev–Trinajstić information content (AvgIpc) is 2.78. The SMILES string of the molecule is Cn1nc2c(c3c(=O)n(C)c(=O)nc1-3)C2(C)C. The predicted octanol–water partition coefficient (Wildman–Crippen LogP) is -0.382. The van der Waals surface area contributed by atoms with Crippen molar-refractivity contribution in [1.29, 1.82) is 0 Å². The van der Waals surface area contributed by atoms with E-state index in [-0.39, 0.29) is 11.0 Å². The first-order valence-electron chi connectivity index (χ1n) is 5.34. The van der Waals surface area contributed by atoms with Crippen LogP contribution in [0.2, 0.25) is 0 Å². The molecule has 0 saturated carbocycles. The minimum atomic E-state index is -0.543. The Bertz CT molecular complexity index is 739. The van der Waals surface area contributed by atoms with Gasteiger partial charge >= 0.3 is 5.69 Å². The quantitative estimate of drug-likeness (QED) is 0.620. The maximum Gasteiger partial charge on any atom is 0.352 e. The minimum Gasteiger partial charge on any atom is -0.268 e. The molecule has 17 heavy (non-hydrogen) atoms. The molecule has 2 aliphatic heterocycles. The molecule has 1 aliphatic carbocycles. The fourth-order valence-electron chi connectivity index (χ4n) is 2.28. The van der Waals surface area contributed by atoms with E-state index in [9.17, 15) is 9.59 Å². The second-order valence-corrected chi connectivity index (χ2v) is 4.93. The van der Waals surface area contributed by atoms with Crippen LogP contribution in [0.4, 0.5) is 0 Å². The summed E-state index contributed by atoms with van der Waals surface area (Å²) >= 11 is 0. The molecule has 0 N–H and O–H groups in total. The Morgan fingerprint density at radius 2 is 1.82 bits per heavy atom. The lowest BCUT2D eigenvalue weighted by molar-refractivity contribution is 0.682. The second-order valence-electron chi connectivity index (χ2n) is 4.93. The summed E-state index contributed by atoms with van der Waals surface area (Å²) in [6.45, 7) is 4.02. The number of hydrogen-bond acceptors (Lipinski definition) is 4. The van der Waals surface area contributed by atoms with Crippen molar-refractivity contribution in [3.05, 3.63) is 32.1 Å². The number of hydrogen-bond donors (Lipinski definition) is 0. The van der Waals surface area contributed by atoms with Crippen LogP contribution in [0.3, 0.4) is 0 Å². The van der Waals surface area contributed by atoms with Crippen molar-refractivity contribution in [2.24, 2.45) is 14.1 Å². The molecule has 0 bridgehead atoms. The monoisotopic (exact) mass is 232 g/mol. The van der Waals surface area contributed by atoms with Crippen molar-refractivity contribution in [3.63, 3.8) is 0 Å². The van der Waals surface area contributed by atoms with Gasteiger partial charge in [-0.2, -0.15) is 10.1 Å². The van der Waals surface area contributed by atoms with Crippen molar-refractivity contribution in [2.45, 2.75) is 19.3 Å². The lowest BCUT2D eigenvalue weighted by Gasteiger charge is -2.07. The standard InChI is InChI=1S/C11H12N4O2/c1-11(2)6-5-8(15(4)13-7(6)11)12-10(17)14(3)9(5)16/h1-4H3. The molecule has 6 heteroatoms. The van der Waals surface area contributed by atoms with Crippen LogP contribution >= 0.6 is 0 Å². The lowest BCUT2D eigenvalue weighted by Crippen LogP contribution is -2.36. The third kappa shape index (κ3) is 1.05. The van der Waals surface area contributed by atoms with Gasteiger partial charge in [0.25, 0.3) is 5.56 Å². The molecule has 0 aromatic rings. The first kappa shape index (κ1) is 10.2. The summed E-state index contributed by atoms with van der Waals surface area (Å²) in [7, 11) is 3.14. The number of aryl methyl sites for hydroxylation is 1. The zero-order valence-corrected chi connectivity index (χ0v) is 10.1. The van der Waals surface area contributed by atoms with Crippen molar-refractivity contribution < 1.29 is 0 Å². The normalized spacial score (nSPS) is 16.0. The smallest absolute Gasteiger partial charge is 0.268 e. The van der Waals surface area contributed by atoms with Gasteiger partial charge in [-0.15, -0.1) is 0 Å². The molecule has 0 unspecified atom stereocenters. The summed E-state index contributed by atoms with van der Waals surface area (Å²) in [6.07, 6.45) is 0. The Morgan fingerprint density at radius 3 is 2.47 bits per heavy atom. The van der Waals surface area contributed by atoms with Crippen LogP contribution in [0.15, 0.2) is 9.59 Å². The van der Waals surface area contributed by atoms with Gasteiger partial charge in [0, 0.05) is 25.1 Å². The van der Waals surface area contributed by atoms with Gasteiger partial charge in [-0.25, -0.2) is 9.48 Å². The topological polar surface area (TPSA) is 69.8 Å². The van der Waals surface area contributed by atoms with E-state index in [0.717, 1.165) is 15.8 Å². The number of aromatic nitrogens is 4. The number of nitrogens with zero attached hydrogens (tertiary/aromatic N) is 4. The Hall–Kier alpha value is -1.98. The Morgan fingerprint density at radius 1 is 1.18 bits per heavy atom. The largest absolute Gasteiger partial charge is 0.352 e. The van der Waals surface area contributed by atoms with Gasteiger partial charge < -0.3 is 0 Å². The Balaban J connectivity index is 2.57.